The molecule has 0 unspecified atom stereocenters. The molecule has 76 valence electrons. The number of nitrogens with one attached hydrogen (secondary N) is 2. The van der Waals surface area contributed by atoms with E-state index < -0.39 is 18.5 Å². The maximum Gasteiger partial charge on any atom is 0.323 e. The van der Waals surface area contributed by atoms with E-state index in [1.807, 2.05) is 0 Å². The lowest BCUT2D eigenvalue weighted by molar-refractivity contribution is -0.135. The molecule has 1 aromatic heterocycles. The lowest BCUT2D eigenvalue weighted by Crippen LogP contribution is -2.33. The van der Waals surface area contributed by atoms with Crippen molar-refractivity contribution >= 4 is 17.9 Å². The predicted octanol–water partition coefficient (Wildman–Crippen LogP) is -0.979. The van der Waals surface area contributed by atoms with Crippen LogP contribution in [0.25, 0.3) is 0 Å². The zero-order valence-corrected chi connectivity index (χ0v) is 7.39. The quantitative estimate of drug-likeness (QED) is 0.579. The lowest BCUT2D eigenvalue weighted by atomic mass is 10.6. The summed E-state index contributed by atoms with van der Waals surface area (Å²) in [6.07, 6.45) is 1.41. The van der Waals surface area contributed by atoms with Crippen LogP contribution in [0, 0.1) is 0 Å². The van der Waals surface area contributed by atoms with Crippen LogP contribution in [0.2, 0.25) is 0 Å². The molecule has 0 saturated carbocycles. The van der Waals surface area contributed by atoms with Crippen LogP contribution in [0.5, 0.6) is 0 Å². The minimum atomic E-state index is -1.11. The molecule has 3 N–H and O–H groups in total. The molecule has 14 heavy (non-hydrogen) atoms. The van der Waals surface area contributed by atoms with Gasteiger partial charge in [-0.05, 0) is 0 Å². The Hall–Kier alpha value is -2.12. The van der Waals surface area contributed by atoms with E-state index in [0.29, 0.717) is 0 Å². The van der Waals surface area contributed by atoms with Crippen LogP contribution in [0.3, 0.4) is 0 Å². The summed E-state index contributed by atoms with van der Waals surface area (Å²) >= 11 is 0. The Labute approximate surface area is 78.9 Å². The van der Waals surface area contributed by atoms with E-state index in [4.69, 9.17) is 5.11 Å². The molecular weight excluding hydrogens is 190 g/mol. The molecule has 0 atom stereocenters. The van der Waals surface area contributed by atoms with Crippen molar-refractivity contribution in [2.24, 2.45) is 7.05 Å². The Morgan fingerprint density at radius 2 is 2.36 bits per heavy atom. The number of carbonyl (C=O) groups is 2. The van der Waals surface area contributed by atoms with Crippen LogP contribution in [0.1, 0.15) is 0 Å². The Kier molecular flexibility index (Phi) is 3.00. The fourth-order valence-electron chi connectivity index (χ4n) is 0.698. The summed E-state index contributed by atoms with van der Waals surface area (Å²) in [5.74, 6) is -0.869. The number of urea groups is 1. The number of aryl methyl sites for hydroxylation is 1. The van der Waals surface area contributed by atoms with E-state index in [1.54, 1.807) is 7.05 Å². The monoisotopic (exact) mass is 199 g/mol. The molecule has 0 aromatic carbocycles. The summed E-state index contributed by atoms with van der Waals surface area (Å²) in [4.78, 5) is 21.1. The standard InChI is InChI=1S/C6H9N5O3/c1-11-3-8-10-5(11)9-6(14)7-2-4(12)13/h3H,2H2,1H3,(H,12,13)(H2,7,9,10,14). The van der Waals surface area contributed by atoms with Crippen molar-refractivity contribution in [3.63, 3.8) is 0 Å². The normalized spacial score (nSPS) is 9.50. The SMILES string of the molecule is Cn1cnnc1NC(=O)NCC(=O)O. The van der Waals surface area contributed by atoms with E-state index >= 15 is 0 Å². The molecule has 1 rings (SSSR count). The minimum absolute atomic E-state index is 0.243. The van der Waals surface area contributed by atoms with Gasteiger partial charge in [-0.3, -0.25) is 10.1 Å². The molecule has 0 saturated heterocycles. The van der Waals surface area contributed by atoms with Crippen molar-refractivity contribution in [2.75, 3.05) is 11.9 Å². The number of aliphatic carboxylic acids is 1. The molecule has 0 radical (unpaired) electrons. The van der Waals surface area contributed by atoms with E-state index in [9.17, 15) is 9.59 Å². The van der Waals surface area contributed by atoms with Crippen molar-refractivity contribution in [2.45, 2.75) is 0 Å². The molecule has 0 aliphatic heterocycles. The second kappa shape index (κ2) is 4.21. The van der Waals surface area contributed by atoms with Gasteiger partial charge in [0, 0.05) is 7.05 Å². The summed E-state index contributed by atoms with van der Waals surface area (Å²) in [7, 11) is 1.65. The number of carboxylic acids is 1. The third-order valence-corrected chi connectivity index (χ3v) is 1.34. The first-order chi connectivity index (χ1) is 6.59. The van der Waals surface area contributed by atoms with Gasteiger partial charge in [0.05, 0.1) is 0 Å². The van der Waals surface area contributed by atoms with Crippen LogP contribution >= 0.6 is 0 Å². The number of hydrogen-bond acceptors (Lipinski definition) is 4. The van der Waals surface area contributed by atoms with Crippen molar-refractivity contribution in [3.8, 4) is 0 Å². The largest absolute Gasteiger partial charge is 0.480 e. The second-order valence-electron chi connectivity index (χ2n) is 2.47. The maximum atomic E-state index is 11.0. The van der Waals surface area contributed by atoms with Crippen LogP contribution in [-0.4, -0.2) is 38.4 Å². The number of carboxylic acid groups (broad SMARTS) is 1. The molecule has 2 amide bonds. The van der Waals surface area contributed by atoms with E-state index in [1.165, 1.54) is 10.9 Å². The van der Waals surface area contributed by atoms with Crippen molar-refractivity contribution < 1.29 is 14.7 Å². The molecule has 1 heterocycles. The van der Waals surface area contributed by atoms with E-state index in [0.717, 1.165) is 0 Å². The third-order valence-electron chi connectivity index (χ3n) is 1.34. The molecule has 8 heteroatoms. The number of nitrogens with zero attached hydrogens (tertiary/aromatic N) is 3. The molecule has 0 aliphatic rings. The predicted molar refractivity (Wildman–Crippen MR) is 45.7 cm³/mol. The topological polar surface area (TPSA) is 109 Å². The second-order valence-corrected chi connectivity index (χ2v) is 2.47. The van der Waals surface area contributed by atoms with Crippen molar-refractivity contribution in [1.82, 2.24) is 20.1 Å². The summed E-state index contributed by atoms with van der Waals surface area (Å²) in [6, 6.07) is -0.636. The molecule has 0 fully saturated rings. The molecule has 0 bridgehead atoms. The smallest absolute Gasteiger partial charge is 0.323 e. The highest BCUT2D eigenvalue weighted by Crippen LogP contribution is 1.96. The fourth-order valence-corrected chi connectivity index (χ4v) is 0.698. The molecule has 0 spiro atoms. The number of anilines is 1. The fraction of sp³-hybridized carbons (Fsp3) is 0.333. The van der Waals surface area contributed by atoms with Gasteiger partial charge in [-0.25, -0.2) is 4.79 Å². The Morgan fingerprint density at radius 1 is 1.64 bits per heavy atom. The number of amides is 2. The number of carbonyl (C=O) groups excluding carboxylic acids is 1. The zero-order valence-electron chi connectivity index (χ0n) is 7.39. The molecule has 8 nitrogen and oxygen atoms in total. The van der Waals surface area contributed by atoms with Gasteiger partial charge in [0.15, 0.2) is 0 Å². The third kappa shape index (κ3) is 2.73. The highest BCUT2D eigenvalue weighted by atomic mass is 16.4. The average molecular weight is 199 g/mol. The first-order valence-corrected chi connectivity index (χ1v) is 3.70. The summed E-state index contributed by atoms with van der Waals surface area (Å²) in [5, 5.41) is 19.8. The number of aromatic nitrogens is 3. The van der Waals surface area contributed by atoms with E-state index in [-0.39, 0.29) is 5.95 Å². The Morgan fingerprint density at radius 3 is 2.86 bits per heavy atom. The minimum Gasteiger partial charge on any atom is -0.480 e. The first-order valence-electron chi connectivity index (χ1n) is 3.70. The van der Waals surface area contributed by atoms with Gasteiger partial charge in [-0.15, -0.1) is 10.2 Å². The van der Waals surface area contributed by atoms with E-state index in [2.05, 4.69) is 20.8 Å². The first kappa shape index (κ1) is 9.96. The van der Waals surface area contributed by atoms with Crippen LogP contribution in [0.15, 0.2) is 6.33 Å². The van der Waals surface area contributed by atoms with Gasteiger partial charge in [0.25, 0.3) is 0 Å². The zero-order chi connectivity index (χ0) is 10.6. The van der Waals surface area contributed by atoms with Gasteiger partial charge in [-0.1, -0.05) is 0 Å². The van der Waals surface area contributed by atoms with Crippen molar-refractivity contribution in [3.05, 3.63) is 6.33 Å². The summed E-state index contributed by atoms with van der Waals surface area (Å²) < 4.78 is 1.49. The number of rotatable bonds is 3. The van der Waals surface area contributed by atoms with Crippen LogP contribution < -0.4 is 10.6 Å². The summed E-state index contributed by atoms with van der Waals surface area (Å²) in [6.45, 7) is -0.441. The maximum absolute atomic E-state index is 11.0. The highest BCUT2D eigenvalue weighted by Gasteiger charge is 2.06. The molecule has 0 aliphatic carbocycles. The average Bonchev–Trinajstić information content (AvgIpc) is 2.49. The van der Waals surface area contributed by atoms with Gasteiger partial charge in [0.1, 0.15) is 12.9 Å². The lowest BCUT2D eigenvalue weighted by Gasteiger charge is -2.03. The molecular formula is C6H9N5O3. The molecule has 1 aromatic rings. The van der Waals surface area contributed by atoms with Gasteiger partial charge < -0.3 is 15.0 Å². The van der Waals surface area contributed by atoms with Crippen LogP contribution in [0.4, 0.5) is 10.7 Å². The van der Waals surface area contributed by atoms with Crippen LogP contribution in [-0.2, 0) is 11.8 Å². The summed E-state index contributed by atoms with van der Waals surface area (Å²) in [5.41, 5.74) is 0. The van der Waals surface area contributed by atoms with Crippen molar-refractivity contribution in [1.29, 1.82) is 0 Å². The van der Waals surface area contributed by atoms with Gasteiger partial charge in [-0.2, -0.15) is 0 Å². The number of hydrogen-bond donors (Lipinski definition) is 3. The van der Waals surface area contributed by atoms with Gasteiger partial charge in [0.2, 0.25) is 5.95 Å². The Balaban J connectivity index is 2.42. The highest BCUT2D eigenvalue weighted by molar-refractivity contribution is 5.89. The Bertz CT molecular complexity index is 347. The van der Waals surface area contributed by atoms with Gasteiger partial charge >= 0.3 is 12.0 Å².